The monoisotopic (exact) mass is 267 g/mol. The molecule has 0 radical (unpaired) electrons. The summed E-state index contributed by atoms with van der Waals surface area (Å²) in [5.41, 5.74) is -0.288. The highest BCUT2D eigenvalue weighted by Gasteiger charge is 2.33. The molecular formula is C15H22FNO2. The first kappa shape index (κ1) is 14.4. The molecule has 1 aliphatic rings. The first-order valence-corrected chi connectivity index (χ1v) is 6.76. The van der Waals surface area contributed by atoms with Crippen molar-refractivity contribution in [3.63, 3.8) is 0 Å². The van der Waals surface area contributed by atoms with Gasteiger partial charge in [-0.1, -0.05) is 25.1 Å². The fourth-order valence-electron chi connectivity index (χ4n) is 2.72. The predicted octanol–water partition coefficient (Wildman–Crippen LogP) is 1.95. The van der Waals surface area contributed by atoms with Gasteiger partial charge in [0.1, 0.15) is 5.82 Å². The number of halogens is 1. The van der Waals surface area contributed by atoms with Crippen LogP contribution in [0.5, 0.6) is 0 Å². The minimum atomic E-state index is -0.813. The number of hydrogen-bond acceptors (Lipinski definition) is 3. The molecule has 0 saturated carbocycles. The first-order chi connectivity index (χ1) is 8.89. The molecular weight excluding hydrogens is 245 g/mol. The van der Waals surface area contributed by atoms with Crippen molar-refractivity contribution in [1.82, 2.24) is 4.90 Å². The fraction of sp³-hybridized carbons (Fsp3) is 0.600. The Morgan fingerprint density at radius 2 is 2.11 bits per heavy atom. The van der Waals surface area contributed by atoms with Gasteiger partial charge >= 0.3 is 0 Å². The van der Waals surface area contributed by atoms with Gasteiger partial charge in [0, 0.05) is 25.2 Å². The summed E-state index contributed by atoms with van der Waals surface area (Å²) in [7, 11) is 0. The summed E-state index contributed by atoms with van der Waals surface area (Å²) >= 11 is 0. The molecule has 1 heterocycles. The molecule has 2 rings (SSSR count). The van der Waals surface area contributed by atoms with Gasteiger partial charge in [-0.3, -0.25) is 0 Å². The molecule has 4 heteroatoms. The third kappa shape index (κ3) is 3.53. The molecule has 1 fully saturated rings. The normalized spacial score (nSPS) is 27.4. The highest BCUT2D eigenvalue weighted by Crippen LogP contribution is 2.27. The van der Waals surface area contributed by atoms with Crippen molar-refractivity contribution in [3.8, 4) is 0 Å². The van der Waals surface area contributed by atoms with E-state index in [-0.39, 0.29) is 11.7 Å². The van der Waals surface area contributed by atoms with E-state index >= 15 is 0 Å². The maximum absolute atomic E-state index is 13.6. The highest BCUT2D eigenvalue weighted by atomic mass is 19.1. The van der Waals surface area contributed by atoms with E-state index in [1.54, 1.807) is 18.2 Å². The maximum atomic E-state index is 13.6. The Morgan fingerprint density at radius 3 is 2.68 bits per heavy atom. The number of aliphatic hydroxyl groups is 2. The summed E-state index contributed by atoms with van der Waals surface area (Å²) in [5.74, 6) is -0.443. The van der Waals surface area contributed by atoms with Gasteiger partial charge in [-0.25, -0.2) is 4.39 Å². The number of hydrogen-bond donors (Lipinski definition) is 2. The smallest absolute Gasteiger partial charge is 0.129 e. The fourth-order valence-corrected chi connectivity index (χ4v) is 2.72. The van der Waals surface area contributed by atoms with Crippen LogP contribution in [0, 0.1) is 11.7 Å². The molecule has 3 nitrogen and oxygen atoms in total. The maximum Gasteiger partial charge on any atom is 0.129 e. The second-order valence-corrected chi connectivity index (χ2v) is 5.93. The zero-order chi connectivity index (χ0) is 14.0. The topological polar surface area (TPSA) is 43.7 Å². The number of β-amino-alcohol motifs (C(OH)–C–C–N with tert-alkyl or cyclic N) is 1. The second kappa shape index (κ2) is 5.57. The van der Waals surface area contributed by atoms with Gasteiger partial charge in [0.2, 0.25) is 0 Å². The summed E-state index contributed by atoms with van der Waals surface area (Å²) < 4.78 is 13.6. The van der Waals surface area contributed by atoms with Crippen molar-refractivity contribution in [2.24, 2.45) is 5.92 Å². The number of benzene rings is 1. The second-order valence-electron chi connectivity index (χ2n) is 5.93. The first-order valence-electron chi connectivity index (χ1n) is 6.76. The molecule has 1 aromatic rings. The minimum absolute atomic E-state index is 0.0780. The lowest BCUT2D eigenvalue weighted by molar-refractivity contribution is 0.0551. The Balaban J connectivity index is 1.97. The Hall–Kier alpha value is -0.970. The summed E-state index contributed by atoms with van der Waals surface area (Å²) in [4.78, 5) is 2.12. The average Bonchev–Trinajstić information content (AvgIpc) is 2.68. The van der Waals surface area contributed by atoms with Crippen molar-refractivity contribution in [2.45, 2.75) is 32.0 Å². The predicted molar refractivity (Wildman–Crippen MR) is 72.2 cm³/mol. The molecule has 1 aliphatic heterocycles. The third-order valence-electron chi connectivity index (χ3n) is 3.84. The van der Waals surface area contributed by atoms with Crippen LogP contribution in [0.3, 0.4) is 0 Å². The van der Waals surface area contributed by atoms with Gasteiger partial charge in [-0.05, 0) is 25.3 Å². The van der Waals surface area contributed by atoms with Crippen LogP contribution >= 0.6 is 0 Å². The van der Waals surface area contributed by atoms with Gasteiger partial charge in [-0.15, -0.1) is 0 Å². The van der Waals surface area contributed by atoms with Gasteiger partial charge in [0.15, 0.2) is 0 Å². The SMILES string of the molecule is CC(CN1CCC(C)(O)C1)C(O)c1ccccc1F. The molecule has 1 aromatic carbocycles. The van der Waals surface area contributed by atoms with Crippen LogP contribution in [0.2, 0.25) is 0 Å². The van der Waals surface area contributed by atoms with Gasteiger partial charge in [0.05, 0.1) is 11.7 Å². The Kier molecular flexibility index (Phi) is 4.23. The molecule has 2 N–H and O–H groups in total. The van der Waals surface area contributed by atoms with Crippen molar-refractivity contribution in [3.05, 3.63) is 35.6 Å². The van der Waals surface area contributed by atoms with Crippen LogP contribution in [-0.2, 0) is 0 Å². The van der Waals surface area contributed by atoms with E-state index in [1.807, 2.05) is 13.8 Å². The standard InChI is InChI=1S/C15H22FNO2/c1-11(9-17-8-7-15(2,19)10-17)14(18)12-5-3-4-6-13(12)16/h3-6,11,14,18-19H,7-10H2,1-2H3. The summed E-state index contributed by atoms with van der Waals surface area (Å²) in [6.45, 7) is 5.82. The van der Waals surface area contributed by atoms with Gasteiger partial charge < -0.3 is 15.1 Å². The number of rotatable bonds is 4. The minimum Gasteiger partial charge on any atom is -0.389 e. The molecule has 3 atom stereocenters. The Morgan fingerprint density at radius 1 is 1.42 bits per heavy atom. The third-order valence-corrected chi connectivity index (χ3v) is 3.84. The molecule has 1 saturated heterocycles. The molecule has 3 unspecified atom stereocenters. The summed E-state index contributed by atoms with van der Waals surface area (Å²) in [6, 6.07) is 6.34. The van der Waals surface area contributed by atoms with Crippen molar-refractivity contribution >= 4 is 0 Å². The van der Waals surface area contributed by atoms with Crippen LogP contribution < -0.4 is 0 Å². The molecule has 19 heavy (non-hydrogen) atoms. The van der Waals surface area contributed by atoms with E-state index in [2.05, 4.69) is 4.90 Å². The van der Waals surface area contributed by atoms with Crippen LogP contribution in [0.1, 0.15) is 31.9 Å². The largest absolute Gasteiger partial charge is 0.389 e. The van der Waals surface area contributed by atoms with E-state index in [0.29, 0.717) is 18.7 Å². The van der Waals surface area contributed by atoms with Crippen molar-refractivity contribution in [1.29, 1.82) is 0 Å². The Labute approximate surface area is 113 Å². The molecule has 0 amide bonds. The van der Waals surface area contributed by atoms with Crippen LogP contribution in [0.25, 0.3) is 0 Å². The zero-order valence-electron chi connectivity index (χ0n) is 11.5. The molecule has 0 aliphatic carbocycles. The molecule has 0 aromatic heterocycles. The van der Waals surface area contributed by atoms with Crippen molar-refractivity contribution < 1.29 is 14.6 Å². The van der Waals surface area contributed by atoms with Crippen LogP contribution in [-0.4, -0.2) is 40.3 Å². The van der Waals surface area contributed by atoms with Gasteiger partial charge in [0.25, 0.3) is 0 Å². The molecule has 106 valence electrons. The molecule has 0 bridgehead atoms. The van der Waals surface area contributed by atoms with Crippen LogP contribution in [0.4, 0.5) is 4.39 Å². The molecule has 0 spiro atoms. The average molecular weight is 267 g/mol. The highest BCUT2D eigenvalue weighted by molar-refractivity contribution is 5.20. The Bertz CT molecular complexity index is 436. The lowest BCUT2D eigenvalue weighted by Gasteiger charge is -2.26. The van der Waals surface area contributed by atoms with Gasteiger partial charge in [-0.2, -0.15) is 0 Å². The van der Waals surface area contributed by atoms with E-state index in [0.717, 1.165) is 13.0 Å². The zero-order valence-corrected chi connectivity index (χ0v) is 11.5. The van der Waals surface area contributed by atoms with E-state index in [1.165, 1.54) is 6.07 Å². The number of likely N-dealkylation sites (tertiary alicyclic amines) is 1. The lowest BCUT2D eigenvalue weighted by atomic mass is 9.96. The number of nitrogens with zero attached hydrogens (tertiary/aromatic N) is 1. The van der Waals surface area contributed by atoms with E-state index < -0.39 is 11.7 Å². The van der Waals surface area contributed by atoms with E-state index in [9.17, 15) is 14.6 Å². The summed E-state index contributed by atoms with van der Waals surface area (Å²) in [6.07, 6.45) is -0.0676. The quantitative estimate of drug-likeness (QED) is 0.876. The van der Waals surface area contributed by atoms with Crippen molar-refractivity contribution in [2.75, 3.05) is 19.6 Å². The number of aliphatic hydroxyl groups excluding tert-OH is 1. The van der Waals surface area contributed by atoms with E-state index in [4.69, 9.17) is 0 Å². The van der Waals surface area contributed by atoms with Crippen LogP contribution in [0.15, 0.2) is 24.3 Å². The summed E-state index contributed by atoms with van der Waals surface area (Å²) in [5, 5.41) is 20.1. The lowest BCUT2D eigenvalue weighted by Crippen LogP contribution is -2.33.